The van der Waals surface area contributed by atoms with Crippen molar-refractivity contribution >= 4 is 6.03 Å². The summed E-state index contributed by atoms with van der Waals surface area (Å²) in [5.41, 5.74) is 0. The van der Waals surface area contributed by atoms with E-state index in [0.29, 0.717) is 31.5 Å². The summed E-state index contributed by atoms with van der Waals surface area (Å²) in [7, 11) is 1.79. The van der Waals surface area contributed by atoms with Crippen molar-refractivity contribution in [1.82, 2.24) is 15.1 Å². The number of urea groups is 1. The van der Waals surface area contributed by atoms with Gasteiger partial charge >= 0.3 is 6.03 Å². The fourth-order valence-corrected chi connectivity index (χ4v) is 3.02. The molecule has 0 spiro atoms. The number of aliphatic hydroxyl groups excluding tert-OH is 1. The molecule has 0 radical (unpaired) electrons. The van der Waals surface area contributed by atoms with E-state index in [0.717, 1.165) is 13.1 Å². The quantitative estimate of drug-likeness (QED) is 0.758. The minimum atomic E-state index is -0.365. The second-order valence-electron chi connectivity index (χ2n) is 7.01. The van der Waals surface area contributed by atoms with Gasteiger partial charge in [-0.15, -0.1) is 0 Å². The first-order valence-electron chi connectivity index (χ1n) is 8.83. The average Bonchev–Trinajstić information content (AvgIpc) is 2.73. The number of nitrogens with zero attached hydrogens (tertiary/aromatic N) is 2. The van der Waals surface area contributed by atoms with Gasteiger partial charge in [0.25, 0.3) is 0 Å². The maximum absolute atomic E-state index is 12.1. The van der Waals surface area contributed by atoms with Gasteiger partial charge in [-0.25, -0.2) is 4.79 Å². The van der Waals surface area contributed by atoms with E-state index < -0.39 is 0 Å². The number of aliphatic hydroxyl groups is 1. The van der Waals surface area contributed by atoms with E-state index in [-0.39, 0.29) is 12.1 Å². The molecule has 1 heterocycles. The average molecular weight is 313 g/mol. The van der Waals surface area contributed by atoms with Gasteiger partial charge in [-0.1, -0.05) is 26.7 Å². The van der Waals surface area contributed by atoms with Gasteiger partial charge in [-0.2, -0.15) is 0 Å². The molecular weight excluding hydrogens is 278 g/mol. The second-order valence-corrected chi connectivity index (χ2v) is 7.01. The molecular formula is C17H35N3O2. The minimum absolute atomic E-state index is 0.0406. The van der Waals surface area contributed by atoms with Crippen LogP contribution in [-0.2, 0) is 0 Å². The van der Waals surface area contributed by atoms with Crippen molar-refractivity contribution < 1.29 is 9.90 Å². The zero-order valence-corrected chi connectivity index (χ0v) is 14.8. The third-order valence-electron chi connectivity index (χ3n) is 4.57. The smallest absolute Gasteiger partial charge is 0.317 e. The summed E-state index contributed by atoms with van der Waals surface area (Å²) in [6.45, 7) is 9.81. The van der Waals surface area contributed by atoms with Crippen LogP contribution in [0.2, 0.25) is 0 Å². The maximum Gasteiger partial charge on any atom is 0.317 e. The molecule has 2 amide bonds. The van der Waals surface area contributed by atoms with Gasteiger partial charge in [-0.05, 0) is 45.2 Å². The van der Waals surface area contributed by atoms with Gasteiger partial charge < -0.3 is 15.3 Å². The molecule has 0 aliphatic carbocycles. The highest BCUT2D eigenvalue weighted by atomic mass is 16.3. The lowest BCUT2D eigenvalue weighted by atomic mass is 10.0. The van der Waals surface area contributed by atoms with Crippen LogP contribution in [-0.4, -0.2) is 66.3 Å². The highest BCUT2D eigenvalue weighted by Crippen LogP contribution is 2.17. The molecule has 5 nitrogen and oxygen atoms in total. The lowest BCUT2D eigenvalue weighted by molar-refractivity contribution is 0.147. The standard InChI is InChI=1S/C17H35N3O2/c1-14(2)16(20-10-7-5-6-8-11-20)13-18-17(22)19(4)12-9-15(3)21/h14-16,21H,5-13H2,1-4H3,(H,18,22). The lowest BCUT2D eigenvalue weighted by Crippen LogP contribution is -2.49. The summed E-state index contributed by atoms with van der Waals surface area (Å²) in [4.78, 5) is 16.4. The van der Waals surface area contributed by atoms with Crippen molar-refractivity contribution in [1.29, 1.82) is 0 Å². The third-order valence-corrected chi connectivity index (χ3v) is 4.57. The molecule has 2 N–H and O–H groups in total. The molecule has 0 aromatic rings. The molecule has 1 saturated heterocycles. The Hall–Kier alpha value is -0.810. The number of amides is 2. The van der Waals surface area contributed by atoms with Crippen molar-refractivity contribution in [3.05, 3.63) is 0 Å². The molecule has 1 aliphatic rings. The Bertz CT molecular complexity index is 313. The highest BCUT2D eigenvalue weighted by molar-refractivity contribution is 5.73. The van der Waals surface area contributed by atoms with E-state index in [2.05, 4.69) is 24.1 Å². The molecule has 0 aromatic carbocycles. The van der Waals surface area contributed by atoms with Crippen LogP contribution >= 0.6 is 0 Å². The van der Waals surface area contributed by atoms with Gasteiger partial charge in [-0.3, -0.25) is 4.90 Å². The molecule has 0 bridgehead atoms. The van der Waals surface area contributed by atoms with Gasteiger partial charge in [0.05, 0.1) is 6.10 Å². The Kier molecular flexibility index (Phi) is 8.79. The second kappa shape index (κ2) is 10.1. The largest absolute Gasteiger partial charge is 0.393 e. The molecule has 1 aliphatic heterocycles. The van der Waals surface area contributed by atoms with E-state index >= 15 is 0 Å². The van der Waals surface area contributed by atoms with Crippen LogP contribution in [0.4, 0.5) is 4.79 Å². The van der Waals surface area contributed by atoms with Gasteiger partial charge in [0, 0.05) is 26.2 Å². The SMILES string of the molecule is CC(O)CCN(C)C(=O)NCC(C(C)C)N1CCCCCC1. The number of rotatable bonds is 7. The fraction of sp³-hybridized carbons (Fsp3) is 0.941. The number of carbonyl (C=O) groups is 1. The summed E-state index contributed by atoms with van der Waals surface area (Å²) in [5.74, 6) is 0.529. The predicted octanol–water partition coefficient (Wildman–Crippen LogP) is 2.30. The molecule has 1 fully saturated rings. The van der Waals surface area contributed by atoms with Crippen LogP contribution in [0.15, 0.2) is 0 Å². The van der Waals surface area contributed by atoms with Gasteiger partial charge in [0.15, 0.2) is 0 Å². The molecule has 130 valence electrons. The monoisotopic (exact) mass is 313 g/mol. The number of hydrogen-bond donors (Lipinski definition) is 2. The van der Waals surface area contributed by atoms with Crippen LogP contribution in [0.1, 0.15) is 52.9 Å². The van der Waals surface area contributed by atoms with Crippen LogP contribution in [0.25, 0.3) is 0 Å². The number of likely N-dealkylation sites (tertiary alicyclic amines) is 1. The normalized spacial score (nSPS) is 19.5. The Balaban J connectivity index is 2.44. The first kappa shape index (κ1) is 19.2. The summed E-state index contributed by atoms with van der Waals surface area (Å²) in [5, 5.41) is 12.4. The van der Waals surface area contributed by atoms with Crippen molar-refractivity contribution in [3.63, 3.8) is 0 Å². The van der Waals surface area contributed by atoms with Crippen LogP contribution in [0, 0.1) is 5.92 Å². The van der Waals surface area contributed by atoms with Crippen molar-refractivity contribution in [2.24, 2.45) is 5.92 Å². The molecule has 22 heavy (non-hydrogen) atoms. The Morgan fingerprint density at radius 2 is 1.77 bits per heavy atom. The molecule has 5 heteroatoms. The Morgan fingerprint density at radius 1 is 1.18 bits per heavy atom. The van der Waals surface area contributed by atoms with E-state index in [1.807, 2.05) is 0 Å². The van der Waals surface area contributed by atoms with Crippen LogP contribution in [0.3, 0.4) is 0 Å². The first-order valence-corrected chi connectivity index (χ1v) is 8.83. The summed E-state index contributed by atoms with van der Waals surface area (Å²) in [6.07, 6.45) is 5.45. The Morgan fingerprint density at radius 3 is 2.27 bits per heavy atom. The van der Waals surface area contributed by atoms with Gasteiger partial charge in [0.1, 0.15) is 0 Å². The fourth-order valence-electron chi connectivity index (χ4n) is 3.02. The van der Waals surface area contributed by atoms with E-state index in [9.17, 15) is 9.90 Å². The van der Waals surface area contributed by atoms with Gasteiger partial charge in [0.2, 0.25) is 0 Å². The molecule has 0 aromatic heterocycles. The minimum Gasteiger partial charge on any atom is -0.393 e. The van der Waals surface area contributed by atoms with Crippen molar-refractivity contribution in [3.8, 4) is 0 Å². The van der Waals surface area contributed by atoms with E-state index in [1.54, 1.807) is 18.9 Å². The Labute approximate surface area is 136 Å². The maximum atomic E-state index is 12.1. The molecule has 1 rings (SSSR count). The van der Waals surface area contributed by atoms with E-state index in [4.69, 9.17) is 0 Å². The summed E-state index contributed by atoms with van der Waals surface area (Å²) in [6, 6.07) is 0.369. The summed E-state index contributed by atoms with van der Waals surface area (Å²) < 4.78 is 0. The summed E-state index contributed by atoms with van der Waals surface area (Å²) >= 11 is 0. The molecule has 2 unspecified atom stereocenters. The molecule has 2 atom stereocenters. The highest BCUT2D eigenvalue weighted by Gasteiger charge is 2.23. The number of nitrogens with one attached hydrogen (secondary N) is 1. The van der Waals surface area contributed by atoms with Crippen molar-refractivity contribution in [2.45, 2.75) is 65.0 Å². The molecule has 0 saturated carbocycles. The van der Waals surface area contributed by atoms with Crippen molar-refractivity contribution in [2.75, 3.05) is 33.2 Å². The first-order chi connectivity index (χ1) is 10.4. The zero-order chi connectivity index (χ0) is 16.5. The number of carbonyl (C=O) groups excluding carboxylic acids is 1. The zero-order valence-electron chi connectivity index (χ0n) is 14.8. The number of hydrogen-bond acceptors (Lipinski definition) is 3. The van der Waals surface area contributed by atoms with Crippen LogP contribution in [0.5, 0.6) is 0 Å². The third kappa shape index (κ3) is 6.97. The van der Waals surface area contributed by atoms with Crippen LogP contribution < -0.4 is 5.32 Å². The van der Waals surface area contributed by atoms with E-state index in [1.165, 1.54) is 25.7 Å². The lowest BCUT2D eigenvalue weighted by Gasteiger charge is -2.34. The topological polar surface area (TPSA) is 55.8 Å². The predicted molar refractivity (Wildman–Crippen MR) is 91.0 cm³/mol.